The SMILES string of the molecule is COCCNc1nc(C)c(-c2nc3ccccc3s2)c(N[C@@H]2C[C@H](CF)[C@@H](O)[C@H]2O)n1. The van der Waals surface area contributed by atoms with Gasteiger partial charge in [-0.2, -0.15) is 4.98 Å². The molecule has 8 nitrogen and oxygen atoms in total. The first-order chi connectivity index (χ1) is 15.0. The number of nitrogens with one attached hydrogen (secondary N) is 2. The van der Waals surface area contributed by atoms with Gasteiger partial charge in [-0.25, -0.2) is 9.97 Å². The summed E-state index contributed by atoms with van der Waals surface area (Å²) in [7, 11) is 1.62. The zero-order valence-corrected chi connectivity index (χ0v) is 18.2. The largest absolute Gasteiger partial charge is 0.390 e. The summed E-state index contributed by atoms with van der Waals surface area (Å²) in [5, 5.41) is 27.7. The van der Waals surface area contributed by atoms with Gasteiger partial charge >= 0.3 is 0 Å². The second-order valence-corrected chi connectivity index (χ2v) is 8.68. The molecule has 1 saturated carbocycles. The molecule has 4 rings (SSSR count). The number of halogens is 1. The Balaban J connectivity index is 1.72. The van der Waals surface area contributed by atoms with Gasteiger partial charge < -0.3 is 25.6 Å². The van der Waals surface area contributed by atoms with Crippen LogP contribution in [0.4, 0.5) is 16.2 Å². The van der Waals surface area contributed by atoms with Gasteiger partial charge in [0.05, 0.1) is 46.9 Å². The molecule has 4 N–H and O–H groups in total. The minimum atomic E-state index is -1.12. The summed E-state index contributed by atoms with van der Waals surface area (Å²) >= 11 is 1.53. The Hall–Kier alpha value is -2.40. The van der Waals surface area contributed by atoms with E-state index in [2.05, 4.69) is 20.6 Å². The lowest BCUT2D eigenvalue weighted by Gasteiger charge is -2.21. The molecule has 1 fully saturated rings. The van der Waals surface area contributed by atoms with Gasteiger partial charge in [0.25, 0.3) is 0 Å². The molecule has 0 aliphatic heterocycles. The van der Waals surface area contributed by atoms with Gasteiger partial charge in [-0.05, 0) is 25.5 Å². The number of aliphatic hydroxyl groups excluding tert-OH is 2. The Labute approximate surface area is 183 Å². The highest BCUT2D eigenvalue weighted by Crippen LogP contribution is 2.38. The molecule has 0 spiro atoms. The number of hydrogen-bond donors (Lipinski definition) is 4. The van der Waals surface area contributed by atoms with Crippen LogP contribution in [-0.4, -0.2) is 70.4 Å². The van der Waals surface area contributed by atoms with E-state index >= 15 is 0 Å². The predicted molar refractivity (Wildman–Crippen MR) is 119 cm³/mol. The number of hydrogen-bond acceptors (Lipinski definition) is 9. The maximum atomic E-state index is 13.2. The van der Waals surface area contributed by atoms with Crippen molar-refractivity contribution in [2.75, 3.05) is 37.6 Å². The van der Waals surface area contributed by atoms with E-state index in [1.807, 2.05) is 31.2 Å². The topological polar surface area (TPSA) is 112 Å². The maximum Gasteiger partial charge on any atom is 0.224 e. The first-order valence-corrected chi connectivity index (χ1v) is 11.0. The molecular formula is C21H26FN5O3S. The number of aliphatic hydroxyl groups is 2. The molecule has 3 aromatic rings. The van der Waals surface area contributed by atoms with Gasteiger partial charge in [0.1, 0.15) is 16.9 Å². The van der Waals surface area contributed by atoms with Crippen LogP contribution in [-0.2, 0) is 4.74 Å². The van der Waals surface area contributed by atoms with Crippen LogP contribution in [0.2, 0.25) is 0 Å². The molecule has 31 heavy (non-hydrogen) atoms. The van der Waals surface area contributed by atoms with Gasteiger partial charge in [0, 0.05) is 19.6 Å². The number of thiazole rings is 1. The summed E-state index contributed by atoms with van der Waals surface area (Å²) in [6, 6.07) is 7.31. The maximum absolute atomic E-state index is 13.2. The fraction of sp³-hybridized carbons (Fsp3) is 0.476. The van der Waals surface area contributed by atoms with E-state index in [0.29, 0.717) is 37.0 Å². The van der Waals surface area contributed by atoms with Crippen molar-refractivity contribution in [3.63, 3.8) is 0 Å². The first kappa shape index (κ1) is 21.8. The average molecular weight is 448 g/mol. The zero-order valence-electron chi connectivity index (χ0n) is 17.4. The van der Waals surface area contributed by atoms with E-state index < -0.39 is 30.8 Å². The number of nitrogens with zero attached hydrogens (tertiary/aromatic N) is 3. The summed E-state index contributed by atoms with van der Waals surface area (Å²) in [5.74, 6) is 0.292. The molecule has 0 unspecified atom stereocenters. The van der Waals surface area contributed by atoms with Crippen molar-refractivity contribution in [2.24, 2.45) is 5.92 Å². The number of aryl methyl sites for hydroxylation is 1. The Morgan fingerprint density at radius 2 is 2.00 bits per heavy atom. The monoisotopic (exact) mass is 447 g/mol. The van der Waals surface area contributed by atoms with Crippen LogP contribution in [0.15, 0.2) is 24.3 Å². The summed E-state index contributed by atoms with van der Waals surface area (Å²) in [5.41, 5.74) is 2.32. The fourth-order valence-electron chi connectivity index (χ4n) is 3.85. The Morgan fingerprint density at radius 3 is 2.71 bits per heavy atom. The number of aromatic nitrogens is 3. The van der Waals surface area contributed by atoms with E-state index in [1.54, 1.807) is 7.11 Å². The van der Waals surface area contributed by atoms with Crippen LogP contribution in [0.25, 0.3) is 20.8 Å². The lowest BCUT2D eigenvalue weighted by atomic mass is 10.1. The van der Waals surface area contributed by atoms with Crippen molar-refractivity contribution in [2.45, 2.75) is 31.6 Å². The molecule has 0 bridgehead atoms. The second kappa shape index (κ2) is 9.39. The van der Waals surface area contributed by atoms with Crippen LogP contribution < -0.4 is 10.6 Å². The van der Waals surface area contributed by atoms with Crippen LogP contribution in [0, 0.1) is 12.8 Å². The average Bonchev–Trinajstić information content (AvgIpc) is 3.29. The highest BCUT2D eigenvalue weighted by atomic mass is 32.1. The van der Waals surface area contributed by atoms with Crippen molar-refractivity contribution in [3.8, 4) is 10.6 Å². The van der Waals surface area contributed by atoms with Gasteiger partial charge in [0.2, 0.25) is 5.95 Å². The lowest BCUT2D eigenvalue weighted by molar-refractivity contribution is 0.0124. The van der Waals surface area contributed by atoms with Crippen LogP contribution >= 0.6 is 11.3 Å². The Kier molecular flexibility index (Phi) is 6.61. The standard InChI is InChI=1S/C21H26FN5O3S/c1-11-16(20-26-13-5-3-4-6-15(13)31-20)19(27-21(24-11)23-7-8-30-2)25-14-9-12(10-22)17(28)18(14)29/h3-6,12,14,17-18,28-29H,7-10H2,1-2H3,(H2,23,24,25,27)/t12-,14-,17-,18+/m1/s1. The van der Waals surface area contributed by atoms with Gasteiger partial charge in [-0.3, -0.25) is 4.39 Å². The van der Waals surface area contributed by atoms with Gasteiger partial charge in [-0.15, -0.1) is 11.3 Å². The molecule has 4 atom stereocenters. The highest BCUT2D eigenvalue weighted by Gasteiger charge is 2.42. The first-order valence-electron chi connectivity index (χ1n) is 10.2. The quantitative estimate of drug-likeness (QED) is 0.390. The Bertz CT molecular complexity index is 1020. The molecule has 0 amide bonds. The van der Waals surface area contributed by atoms with Crippen molar-refractivity contribution < 1.29 is 19.3 Å². The summed E-state index contributed by atoms with van der Waals surface area (Å²) in [4.78, 5) is 13.9. The third-order valence-electron chi connectivity index (χ3n) is 5.51. The molecule has 1 aliphatic rings. The Morgan fingerprint density at radius 1 is 1.19 bits per heavy atom. The fourth-order valence-corrected chi connectivity index (χ4v) is 4.92. The molecule has 0 saturated heterocycles. The summed E-state index contributed by atoms with van der Waals surface area (Å²) < 4.78 is 19.4. The highest BCUT2D eigenvalue weighted by molar-refractivity contribution is 7.21. The van der Waals surface area contributed by atoms with Crippen molar-refractivity contribution in [1.82, 2.24) is 15.0 Å². The number of methoxy groups -OCH3 is 1. The normalized spacial score (nSPS) is 23.4. The number of ether oxygens (including phenoxy) is 1. The third kappa shape index (κ3) is 4.47. The van der Waals surface area contributed by atoms with Crippen LogP contribution in [0.1, 0.15) is 12.1 Å². The molecule has 10 heteroatoms. The number of fused-ring (bicyclic) bond motifs is 1. The van der Waals surface area contributed by atoms with Crippen LogP contribution in [0.5, 0.6) is 0 Å². The summed E-state index contributed by atoms with van der Waals surface area (Å²) in [6.07, 6.45) is -1.91. The third-order valence-corrected chi connectivity index (χ3v) is 6.56. The molecule has 2 aromatic heterocycles. The predicted octanol–water partition coefficient (Wildman–Crippen LogP) is 2.61. The number of rotatable bonds is 8. The molecular weight excluding hydrogens is 421 g/mol. The smallest absolute Gasteiger partial charge is 0.224 e. The molecule has 166 valence electrons. The summed E-state index contributed by atoms with van der Waals surface area (Å²) in [6.45, 7) is 2.22. The van der Waals surface area contributed by atoms with Crippen molar-refractivity contribution in [1.29, 1.82) is 0 Å². The molecule has 1 aromatic carbocycles. The van der Waals surface area contributed by atoms with E-state index in [9.17, 15) is 14.6 Å². The number of alkyl halides is 1. The number of benzene rings is 1. The number of anilines is 2. The zero-order chi connectivity index (χ0) is 22.0. The van der Waals surface area contributed by atoms with Gasteiger partial charge in [0.15, 0.2) is 0 Å². The molecule has 1 aliphatic carbocycles. The lowest BCUT2D eigenvalue weighted by Crippen LogP contribution is -2.35. The van der Waals surface area contributed by atoms with Crippen molar-refractivity contribution in [3.05, 3.63) is 30.0 Å². The second-order valence-electron chi connectivity index (χ2n) is 7.64. The number of para-hydroxylation sites is 1. The van der Waals surface area contributed by atoms with Crippen LogP contribution in [0.3, 0.4) is 0 Å². The van der Waals surface area contributed by atoms with E-state index in [1.165, 1.54) is 11.3 Å². The van der Waals surface area contributed by atoms with Crippen molar-refractivity contribution >= 4 is 33.3 Å². The molecule has 2 heterocycles. The van der Waals surface area contributed by atoms with E-state index in [-0.39, 0.29) is 0 Å². The minimum Gasteiger partial charge on any atom is -0.390 e. The van der Waals surface area contributed by atoms with Gasteiger partial charge in [-0.1, -0.05) is 12.1 Å². The van der Waals surface area contributed by atoms with E-state index in [0.717, 1.165) is 20.8 Å². The minimum absolute atomic E-state index is 0.299. The molecule has 0 radical (unpaired) electrons. The van der Waals surface area contributed by atoms with E-state index in [4.69, 9.17) is 9.72 Å².